The Labute approximate surface area is 88.7 Å². The quantitative estimate of drug-likeness (QED) is 0.733. The van der Waals surface area contributed by atoms with Crippen LogP contribution in [0.4, 0.5) is 0 Å². The van der Waals surface area contributed by atoms with Crippen molar-refractivity contribution >= 4 is 26.0 Å². The third-order valence-corrected chi connectivity index (χ3v) is 5.72. The highest BCUT2D eigenvalue weighted by Gasteiger charge is 2.26. The number of nitrogens with zero attached hydrogens (tertiary/aromatic N) is 1. The lowest BCUT2D eigenvalue weighted by Crippen LogP contribution is -2.40. The number of rotatable bonds is 3. The van der Waals surface area contributed by atoms with Crippen LogP contribution in [0.5, 0.6) is 0 Å². The minimum atomic E-state index is -3.01. The lowest BCUT2D eigenvalue weighted by Gasteiger charge is -2.30. The van der Waals surface area contributed by atoms with Crippen LogP contribution in [-0.4, -0.2) is 30.5 Å². The molecule has 1 fully saturated rings. The Bertz CT molecular complexity index is 253. The first-order valence-electron chi connectivity index (χ1n) is 4.64. The van der Waals surface area contributed by atoms with E-state index in [-0.39, 0.29) is 4.66 Å². The zero-order valence-electron chi connectivity index (χ0n) is 7.87. The van der Waals surface area contributed by atoms with Crippen molar-refractivity contribution in [1.82, 2.24) is 4.31 Å². The van der Waals surface area contributed by atoms with Gasteiger partial charge in [-0.1, -0.05) is 29.3 Å². The highest BCUT2D eigenvalue weighted by atomic mass is 79.9. The van der Waals surface area contributed by atoms with Crippen molar-refractivity contribution in [3.05, 3.63) is 0 Å². The van der Waals surface area contributed by atoms with E-state index in [9.17, 15) is 8.42 Å². The average Bonchev–Trinajstić information content (AvgIpc) is 2.18. The largest absolute Gasteiger partial charge is 0.224 e. The molecule has 5 heteroatoms. The Kier molecular flexibility index (Phi) is 4.19. The third kappa shape index (κ3) is 2.92. The number of piperidine rings is 1. The summed E-state index contributed by atoms with van der Waals surface area (Å²) in [4.78, 5) is 0. The molecule has 1 saturated heterocycles. The van der Waals surface area contributed by atoms with Gasteiger partial charge in [-0.3, -0.25) is 0 Å². The van der Waals surface area contributed by atoms with Crippen LogP contribution >= 0.6 is 15.9 Å². The summed E-state index contributed by atoms with van der Waals surface area (Å²) >= 11 is 3.02. The van der Waals surface area contributed by atoms with Crippen LogP contribution in [0, 0.1) is 5.92 Å². The van der Waals surface area contributed by atoms with Gasteiger partial charge in [0.1, 0.15) is 4.66 Å². The van der Waals surface area contributed by atoms with Crippen LogP contribution in [0.2, 0.25) is 0 Å². The van der Waals surface area contributed by atoms with Crippen LogP contribution in [-0.2, 0) is 10.0 Å². The van der Waals surface area contributed by atoms with Crippen molar-refractivity contribution in [3.8, 4) is 0 Å². The normalized spacial score (nSPS) is 26.2. The maximum Gasteiger partial charge on any atom is 0.224 e. The van der Waals surface area contributed by atoms with E-state index in [2.05, 4.69) is 22.9 Å². The van der Waals surface area contributed by atoms with Crippen molar-refractivity contribution in [2.24, 2.45) is 5.92 Å². The fourth-order valence-corrected chi connectivity index (χ4v) is 3.53. The van der Waals surface area contributed by atoms with Gasteiger partial charge >= 0.3 is 0 Å². The van der Waals surface area contributed by atoms with Crippen LogP contribution in [0.15, 0.2) is 0 Å². The second-order valence-corrected chi connectivity index (χ2v) is 6.77. The summed E-state index contributed by atoms with van der Waals surface area (Å²) in [6, 6.07) is 0. The van der Waals surface area contributed by atoms with Crippen LogP contribution in [0.1, 0.15) is 26.2 Å². The molecule has 0 N–H and O–H groups in total. The molecule has 0 bridgehead atoms. The zero-order chi connectivity index (χ0) is 9.90. The standard InChI is InChI=1S/C8H16BrNO2S/c1-2-8-4-3-5-10(6-8)13(11,12)7-9/h8H,2-7H2,1H3. The fraction of sp³-hybridized carbons (Fsp3) is 1.00. The highest BCUT2D eigenvalue weighted by Crippen LogP contribution is 2.22. The smallest absolute Gasteiger partial charge is 0.211 e. The molecule has 1 rings (SSSR count). The van der Waals surface area contributed by atoms with Gasteiger partial charge in [0.05, 0.1) is 0 Å². The van der Waals surface area contributed by atoms with E-state index in [1.54, 1.807) is 4.31 Å². The first-order valence-corrected chi connectivity index (χ1v) is 7.37. The summed E-state index contributed by atoms with van der Waals surface area (Å²) in [5, 5.41) is 0. The summed E-state index contributed by atoms with van der Waals surface area (Å²) in [7, 11) is -3.01. The second kappa shape index (κ2) is 4.75. The predicted octanol–water partition coefficient (Wildman–Crippen LogP) is 1.79. The average molecular weight is 270 g/mol. The summed E-state index contributed by atoms with van der Waals surface area (Å²) in [6.45, 7) is 3.53. The lowest BCUT2D eigenvalue weighted by atomic mass is 9.97. The monoisotopic (exact) mass is 269 g/mol. The minimum Gasteiger partial charge on any atom is -0.211 e. The molecule has 78 valence electrons. The first kappa shape index (κ1) is 11.5. The Morgan fingerprint density at radius 3 is 2.77 bits per heavy atom. The molecule has 1 aliphatic heterocycles. The van der Waals surface area contributed by atoms with E-state index in [1.165, 1.54) is 6.42 Å². The number of hydrogen-bond donors (Lipinski definition) is 0. The molecule has 0 saturated carbocycles. The molecule has 1 atom stereocenters. The van der Waals surface area contributed by atoms with E-state index in [4.69, 9.17) is 0 Å². The molecular weight excluding hydrogens is 254 g/mol. The molecule has 0 aromatic heterocycles. The van der Waals surface area contributed by atoms with Gasteiger partial charge in [0.2, 0.25) is 10.0 Å². The summed E-state index contributed by atoms with van der Waals surface area (Å²) in [5.41, 5.74) is 0. The molecule has 1 aliphatic rings. The Hall–Kier alpha value is 0.390. The van der Waals surface area contributed by atoms with Crippen LogP contribution in [0.3, 0.4) is 0 Å². The van der Waals surface area contributed by atoms with Crippen molar-refractivity contribution in [2.45, 2.75) is 26.2 Å². The van der Waals surface area contributed by atoms with Gasteiger partial charge in [-0.25, -0.2) is 12.7 Å². The van der Waals surface area contributed by atoms with Gasteiger partial charge < -0.3 is 0 Å². The molecule has 0 radical (unpaired) electrons. The Balaban J connectivity index is 2.61. The van der Waals surface area contributed by atoms with E-state index in [0.717, 1.165) is 12.8 Å². The molecule has 0 aromatic rings. The van der Waals surface area contributed by atoms with E-state index in [0.29, 0.717) is 19.0 Å². The second-order valence-electron chi connectivity index (χ2n) is 3.50. The van der Waals surface area contributed by atoms with E-state index in [1.807, 2.05) is 0 Å². The molecule has 0 aliphatic carbocycles. The summed E-state index contributed by atoms with van der Waals surface area (Å²) in [6.07, 6.45) is 3.25. The van der Waals surface area contributed by atoms with E-state index < -0.39 is 10.0 Å². The fourth-order valence-electron chi connectivity index (χ4n) is 1.68. The zero-order valence-corrected chi connectivity index (χ0v) is 10.3. The lowest BCUT2D eigenvalue weighted by molar-refractivity contribution is 0.262. The summed E-state index contributed by atoms with van der Waals surface area (Å²) in [5.74, 6) is 0.558. The van der Waals surface area contributed by atoms with Crippen molar-refractivity contribution in [1.29, 1.82) is 0 Å². The number of alkyl halides is 1. The molecular formula is C8H16BrNO2S. The minimum absolute atomic E-state index is 0.0520. The van der Waals surface area contributed by atoms with Gasteiger partial charge in [0.25, 0.3) is 0 Å². The maximum atomic E-state index is 11.5. The Morgan fingerprint density at radius 2 is 2.23 bits per heavy atom. The van der Waals surface area contributed by atoms with Gasteiger partial charge in [0.15, 0.2) is 0 Å². The topological polar surface area (TPSA) is 37.4 Å². The first-order chi connectivity index (χ1) is 6.10. The number of halogens is 1. The van der Waals surface area contributed by atoms with Crippen molar-refractivity contribution in [3.63, 3.8) is 0 Å². The van der Waals surface area contributed by atoms with Crippen molar-refractivity contribution < 1.29 is 8.42 Å². The van der Waals surface area contributed by atoms with Gasteiger partial charge in [0, 0.05) is 13.1 Å². The number of hydrogen-bond acceptors (Lipinski definition) is 2. The van der Waals surface area contributed by atoms with Crippen LogP contribution in [0.25, 0.3) is 0 Å². The molecule has 13 heavy (non-hydrogen) atoms. The highest BCUT2D eigenvalue weighted by molar-refractivity contribution is 9.10. The third-order valence-electron chi connectivity index (χ3n) is 2.59. The molecule has 0 amide bonds. The summed E-state index contributed by atoms with van der Waals surface area (Å²) < 4.78 is 24.7. The molecule has 3 nitrogen and oxygen atoms in total. The van der Waals surface area contributed by atoms with Gasteiger partial charge in [-0.15, -0.1) is 0 Å². The maximum absolute atomic E-state index is 11.5. The predicted molar refractivity (Wildman–Crippen MR) is 57.3 cm³/mol. The SMILES string of the molecule is CCC1CCCN(S(=O)(=O)CBr)C1. The Morgan fingerprint density at radius 1 is 1.54 bits per heavy atom. The molecule has 0 spiro atoms. The van der Waals surface area contributed by atoms with Crippen molar-refractivity contribution in [2.75, 3.05) is 17.8 Å². The van der Waals surface area contributed by atoms with Crippen LogP contribution < -0.4 is 0 Å². The molecule has 1 heterocycles. The van der Waals surface area contributed by atoms with Gasteiger partial charge in [-0.2, -0.15) is 0 Å². The van der Waals surface area contributed by atoms with Gasteiger partial charge in [-0.05, 0) is 18.8 Å². The molecule has 0 aromatic carbocycles. The van der Waals surface area contributed by atoms with E-state index >= 15 is 0 Å². The molecule has 1 unspecified atom stereocenters. The number of sulfonamides is 1.